The van der Waals surface area contributed by atoms with Crippen LogP contribution in [-0.4, -0.2) is 77.8 Å². The molecule has 0 bridgehead atoms. The summed E-state index contributed by atoms with van der Waals surface area (Å²) in [7, 11) is 0. The topological polar surface area (TPSA) is 174 Å². The number of benzene rings is 3. The molecule has 0 aromatic heterocycles. The smallest absolute Gasteiger partial charge is 0.326 e. The van der Waals surface area contributed by atoms with Gasteiger partial charge < -0.3 is 31.3 Å². The number of anilines is 1. The lowest BCUT2D eigenvalue weighted by molar-refractivity contribution is -0.142. The fourth-order valence-electron chi connectivity index (χ4n) is 5.14. The molecule has 0 saturated carbocycles. The van der Waals surface area contributed by atoms with Crippen LogP contribution in [0.1, 0.15) is 41.5 Å². The number of carbonyl (C=O) groups excluding carboxylic acids is 5. The highest BCUT2D eigenvalue weighted by atomic mass is 32.2. The minimum atomic E-state index is -1.18. The predicted octanol–water partition coefficient (Wildman–Crippen LogP) is 2.00. The number of rotatable bonds is 16. The van der Waals surface area contributed by atoms with Crippen molar-refractivity contribution in [3.05, 3.63) is 101 Å². The molecule has 2 unspecified atom stereocenters. The Bertz CT molecular complexity index is 1770. The van der Waals surface area contributed by atoms with Gasteiger partial charge in [0.15, 0.2) is 0 Å². The molecule has 0 aliphatic carbocycles. The summed E-state index contributed by atoms with van der Waals surface area (Å²) in [6.07, 6.45) is 1.86. The first-order valence-electron chi connectivity index (χ1n) is 16.0. The standard InChI is InChI=1S/C37H39N5O7S/c1-50-20-19-29(37(48)49)41-36(47)30(21-25-9-3-2-4-10-25)40-34(45)23-39-33(44)22-38-32(43)17-18-35(46)42-24-28-13-6-5-11-26(28)15-16-27-12-7-8-14-31(27)42/h2-14,29-30H,17-24H2,1H3,(H,38,43)(H,39,44)(H,40,45)(H,41,47)(H,48,49). The zero-order chi connectivity index (χ0) is 35.9. The molecule has 12 nitrogen and oxygen atoms in total. The molecule has 4 rings (SSSR count). The maximum Gasteiger partial charge on any atom is 0.326 e. The molecular weight excluding hydrogens is 659 g/mol. The average molecular weight is 698 g/mol. The summed E-state index contributed by atoms with van der Waals surface area (Å²) < 4.78 is 0. The van der Waals surface area contributed by atoms with Crippen molar-refractivity contribution in [1.29, 1.82) is 0 Å². The Morgan fingerprint density at radius 3 is 2.14 bits per heavy atom. The number of nitrogens with one attached hydrogen (secondary N) is 4. The summed E-state index contributed by atoms with van der Waals surface area (Å²) in [5, 5.41) is 19.5. The van der Waals surface area contributed by atoms with Gasteiger partial charge in [0, 0.05) is 30.4 Å². The van der Waals surface area contributed by atoms with Crippen LogP contribution < -0.4 is 26.2 Å². The molecule has 2 atom stereocenters. The van der Waals surface area contributed by atoms with Crippen molar-refractivity contribution in [1.82, 2.24) is 21.3 Å². The third kappa shape index (κ3) is 11.2. The number of hydrogen-bond donors (Lipinski definition) is 5. The lowest BCUT2D eigenvalue weighted by Gasteiger charge is -2.26. The van der Waals surface area contributed by atoms with E-state index in [0.717, 1.165) is 16.7 Å². The van der Waals surface area contributed by atoms with Crippen molar-refractivity contribution in [3.63, 3.8) is 0 Å². The van der Waals surface area contributed by atoms with Gasteiger partial charge in [0.1, 0.15) is 12.1 Å². The molecule has 3 aromatic carbocycles. The molecule has 1 aliphatic heterocycles. The Labute approximate surface area is 294 Å². The first-order valence-corrected chi connectivity index (χ1v) is 17.4. The van der Waals surface area contributed by atoms with Crippen LogP contribution in [0.25, 0.3) is 0 Å². The first kappa shape index (κ1) is 37.2. The summed E-state index contributed by atoms with van der Waals surface area (Å²) in [5.41, 5.74) is 3.79. The van der Waals surface area contributed by atoms with Crippen molar-refractivity contribution in [3.8, 4) is 11.8 Å². The van der Waals surface area contributed by atoms with Gasteiger partial charge in [-0.1, -0.05) is 72.5 Å². The van der Waals surface area contributed by atoms with Crippen LogP contribution in [0, 0.1) is 11.8 Å². The summed E-state index contributed by atoms with van der Waals surface area (Å²) in [4.78, 5) is 77.5. The van der Waals surface area contributed by atoms with Gasteiger partial charge in [0.05, 0.1) is 25.3 Å². The van der Waals surface area contributed by atoms with Gasteiger partial charge in [-0.15, -0.1) is 0 Å². The number of aliphatic carboxylic acids is 1. The number of carbonyl (C=O) groups is 6. The second-order valence-electron chi connectivity index (χ2n) is 11.4. The third-order valence-corrected chi connectivity index (χ3v) is 8.44. The fourth-order valence-corrected chi connectivity index (χ4v) is 5.61. The van der Waals surface area contributed by atoms with Crippen molar-refractivity contribution in [2.45, 2.75) is 44.3 Å². The second kappa shape index (κ2) is 18.8. The molecule has 1 aliphatic rings. The zero-order valence-corrected chi connectivity index (χ0v) is 28.4. The van der Waals surface area contributed by atoms with Gasteiger partial charge in [0.25, 0.3) is 0 Å². The fraction of sp³-hybridized carbons (Fsp3) is 0.297. The van der Waals surface area contributed by atoms with E-state index in [2.05, 4.69) is 33.1 Å². The quantitative estimate of drug-likeness (QED) is 0.141. The molecule has 1 heterocycles. The lowest BCUT2D eigenvalue weighted by atomic mass is 10.0. The van der Waals surface area contributed by atoms with Gasteiger partial charge in [-0.25, -0.2) is 4.79 Å². The molecule has 5 amide bonds. The van der Waals surface area contributed by atoms with Gasteiger partial charge in [-0.3, -0.25) is 24.0 Å². The number of hydrogen-bond acceptors (Lipinski definition) is 7. The number of para-hydroxylation sites is 1. The highest BCUT2D eigenvalue weighted by Gasteiger charge is 2.27. The molecular formula is C37H39N5O7S. The molecule has 260 valence electrons. The van der Waals surface area contributed by atoms with E-state index in [4.69, 9.17) is 0 Å². The van der Waals surface area contributed by atoms with Crippen molar-refractivity contribution in [2.24, 2.45) is 0 Å². The van der Waals surface area contributed by atoms with E-state index >= 15 is 0 Å². The van der Waals surface area contributed by atoms with E-state index in [1.807, 2.05) is 54.8 Å². The maximum atomic E-state index is 13.4. The van der Waals surface area contributed by atoms with Crippen LogP contribution in [0.4, 0.5) is 5.69 Å². The third-order valence-electron chi connectivity index (χ3n) is 7.79. The summed E-state index contributed by atoms with van der Waals surface area (Å²) in [6.45, 7) is -0.627. The van der Waals surface area contributed by atoms with Crippen LogP contribution in [0.2, 0.25) is 0 Å². The number of nitrogens with zero attached hydrogens (tertiary/aromatic N) is 1. The number of carboxylic acids is 1. The first-order chi connectivity index (χ1) is 24.1. The summed E-state index contributed by atoms with van der Waals surface area (Å²) in [6, 6.07) is 21.6. The largest absolute Gasteiger partial charge is 0.480 e. The molecule has 0 spiro atoms. The Kier molecular flexibility index (Phi) is 14.0. The lowest BCUT2D eigenvalue weighted by Crippen LogP contribution is -2.54. The van der Waals surface area contributed by atoms with Crippen molar-refractivity contribution >= 4 is 53.0 Å². The molecule has 0 radical (unpaired) electrons. The average Bonchev–Trinajstić information content (AvgIpc) is 3.11. The highest BCUT2D eigenvalue weighted by molar-refractivity contribution is 7.98. The second-order valence-corrected chi connectivity index (χ2v) is 12.4. The van der Waals surface area contributed by atoms with E-state index in [0.29, 0.717) is 23.5 Å². The van der Waals surface area contributed by atoms with E-state index in [9.17, 15) is 33.9 Å². The number of thioether (sulfide) groups is 1. The minimum Gasteiger partial charge on any atom is -0.480 e. The van der Waals surface area contributed by atoms with E-state index in [1.165, 1.54) is 11.8 Å². The van der Waals surface area contributed by atoms with E-state index in [1.54, 1.807) is 35.2 Å². The molecule has 0 fully saturated rings. The van der Waals surface area contributed by atoms with Gasteiger partial charge in [-0.05, 0) is 47.8 Å². The van der Waals surface area contributed by atoms with E-state index in [-0.39, 0.29) is 31.6 Å². The van der Waals surface area contributed by atoms with Crippen molar-refractivity contribution < 1.29 is 33.9 Å². The van der Waals surface area contributed by atoms with Crippen LogP contribution >= 0.6 is 11.8 Å². The van der Waals surface area contributed by atoms with Crippen molar-refractivity contribution in [2.75, 3.05) is 30.0 Å². The molecule has 3 aromatic rings. The molecule has 5 N–H and O–H groups in total. The monoisotopic (exact) mass is 697 g/mol. The molecule has 13 heteroatoms. The molecule has 50 heavy (non-hydrogen) atoms. The van der Waals surface area contributed by atoms with Crippen LogP contribution in [0.3, 0.4) is 0 Å². The minimum absolute atomic E-state index is 0.0962. The predicted molar refractivity (Wildman–Crippen MR) is 190 cm³/mol. The number of fused-ring (bicyclic) bond motifs is 2. The van der Waals surface area contributed by atoms with E-state index < -0.39 is 54.8 Å². The number of amides is 5. The summed E-state index contributed by atoms with van der Waals surface area (Å²) >= 11 is 1.45. The maximum absolute atomic E-state index is 13.4. The summed E-state index contributed by atoms with van der Waals surface area (Å²) in [5.74, 6) is 2.83. The van der Waals surface area contributed by atoms with Crippen LogP contribution in [-0.2, 0) is 41.7 Å². The Hall–Kier alpha value is -5.61. The SMILES string of the molecule is CSCCC(NC(=O)C(Cc1ccccc1)NC(=O)CNC(=O)CNC(=O)CCC(=O)N1Cc2ccccc2C#Cc2ccccc21)C(=O)O. The van der Waals surface area contributed by atoms with Crippen LogP contribution in [0.5, 0.6) is 0 Å². The van der Waals surface area contributed by atoms with Gasteiger partial charge in [-0.2, -0.15) is 11.8 Å². The number of carboxylic acid groups (broad SMARTS) is 1. The molecule has 0 saturated heterocycles. The Morgan fingerprint density at radius 1 is 0.760 bits per heavy atom. The Morgan fingerprint density at radius 2 is 1.40 bits per heavy atom. The highest BCUT2D eigenvalue weighted by Crippen LogP contribution is 2.26. The zero-order valence-electron chi connectivity index (χ0n) is 27.6. The Balaban J connectivity index is 1.26. The van der Waals surface area contributed by atoms with Gasteiger partial charge >= 0.3 is 5.97 Å². The van der Waals surface area contributed by atoms with Gasteiger partial charge in [0.2, 0.25) is 29.5 Å². The van der Waals surface area contributed by atoms with Crippen LogP contribution in [0.15, 0.2) is 78.9 Å². The normalized spacial score (nSPS) is 12.6.